The van der Waals surface area contributed by atoms with Gasteiger partial charge < -0.3 is 15.1 Å². The molecule has 4 nitrogen and oxygen atoms in total. The Morgan fingerprint density at radius 2 is 1.78 bits per heavy atom. The Morgan fingerprint density at radius 1 is 1.13 bits per heavy atom. The lowest BCUT2D eigenvalue weighted by Gasteiger charge is -2.16. The van der Waals surface area contributed by atoms with Crippen LogP contribution in [0.15, 0.2) is 42.0 Å². The lowest BCUT2D eigenvalue weighted by molar-refractivity contribution is 0.104. The molecule has 0 aromatic heterocycles. The van der Waals surface area contributed by atoms with Gasteiger partial charge in [0.05, 0.1) is 0 Å². The number of anilines is 1. The van der Waals surface area contributed by atoms with E-state index in [1.165, 1.54) is 12.1 Å². The fraction of sp³-hybridized carbons (Fsp3) is 0.211. The summed E-state index contributed by atoms with van der Waals surface area (Å²) in [7, 11) is 2.03. The highest BCUT2D eigenvalue weighted by atomic mass is 16.3. The molecule has 4 heteroatoms. The number of ketones is 1. The zero-order valence-corrected chi connectivity index (χ0v) is 13.2. The van der Waals surface area contributed by atoms with E-state index in [9.17, 15) is 15.0 Å². The van der Waals surface area contributed by atoms with Gasteiger partial charge in [0.2, 0.25) is 0 Å². The summed E-state index contributed by atoms with van der Waals surface area (Å²) < 4.78 is 0. The number of carbonyl (C=O) groups excluding carboxylic acids is 1. The average Bonchev–Trinajstić information content (AvgIpc) is 2.84. The van der Waals surface area contributed by atoms with Crippen molar-refractivity contribution in [3.05, 3.63) is 58.7 Å². The number of fused-ring (bicyclic) bond motifs is 1. The predicted molar refractivity (Wildman–Crippen MR) is 91.2 cm³/mol. The van der Waals surface area contributed by atoms with Crippen molar-refractivity contribution in [3.8, 4) is 11.5 Å². The van der Waals surface area contributed by atoms with E-state index in [2.05, 4.69) is 11.8 Å². The lowest BCUT2D eigenvalue weighted by atomic mass is 10.1. The number of phenols is 2. The van der Waals surface area contributed by atoms with Gasteiger partial charge in [-0.15, -0.1) is 0 Å². The molecule has 0 saturated heterocycles. The van der Waals surface area contributed by atoms with Gasteiger partial charge in [0, 0.05) is 36.8 Å². The minimum absolute atomic E-state index is 0.0925. The number of rotatable bonds is 3. The number of nitrogens with zero attached hydrogens (tertiary/aromatic N) is 1. The molecule has 0 spiro atoms. The molecule has 0 atom stereocenters. The first-order chi connectivity index (χ1) is 11.0. The van der Waals surface area contributed by atoms with Crippen molar-refractivity contribution in [2.75, 3.05) is 18.5 Å². The first kappa shape index (κ1) is 15.2. The highest BCUT2D eigenvalue weighted by Gasteiger charge is 2.26. The molecule has 0 amide bonds. The SMILES string of the molecule is CCN(C)c1ccc(/C=C2\Cc3cc(O)c(O)cc3C2=O)cc1. The van der Waals surface area contributed by atoms with E-state index in [4.69, 9.17) is 0 Å². The summed E-state index contributed by atoms with van der Waals surface area (Å²) in [6, 6.07) is 10.8. The number of benzene rings is 2. The van der Waals surface area contributed by atoms with Gasteiger partial charge in [-0.1, -0.05) is 12.1 Å². The van der Waals surface area contributed by atoms with Gasteiger partial charge in [-0.3, -0.25) is 4.79 Å². The minimum Gasteiger partial charge on any atom is -0.504 e. The first-order valence-electron chi connectivity index (χ1n) is 7.61. The van der Waals surface area contributed by atoms with Gasteiger partial charge in [-0.05, 0) is 48.4 Å². The van der Waals surface area contributed by atoms with E-state index in [0.29, 0.717) is 17.6 Å². The molecular formula is C19H19NO3. The van der Waals surface area contributed by atoms with Crippen LogP contribution in [0.1, 0.15) is 28.4 Å². The van der Waals surface area contributed by atoms with Gasteiger partial charge in [-0.2, -0.15) is 0 Å². The topological polar surface area (TPSA) is 60.8 Å². The van der Waals surface area contributed by atoms with Crippen molar-refractivity contribution in [2.45, 2.75) is 13.3 Å². The third-order valence-corrected chi connectivity index (χ3v) is 4.27. The van der Waals surface area contributed by atoms with Gasteiger partial charge in [0.15, 0.2) is 17.3 Å². The van der Waals surface area contributed by atoms with E-state index < -0.39 is 0 Å². The van der Waals surface area contributed by atoms with Crippen molar-refractivity contribution in [2.24, 2.45) is 0 Å². The van der Waals surface area contributed by atoms with Gasteiger partial charge in [0.1, 0.15) is 0 Å². The zero-order chi connectivity index (χ0) is 16.6. The van der Waals surface area contributed by atoms with Crippen LogP contribution in [-0.4, -0.2) is 29.6 Å². The second-order valence-electron chi connectivity index (χ2n) is 5.78. The molecule has 2 N–H and O–H groups in total. The Bertz CT molecular complexity index is 791. The molecule has 0 saturated carbocycles. The normalized spacial score (nSPS) is 15.0. The number of aromatic hydroxyl groups is 2. The number of carbonyl (C=O) groups is 1. The maximum absolute atomic E-state index is 12.4. The van der Waals surface area contributed by atoms with Gasteiger partial charge >= 0.3 is 0 Å². The van der Waals surface area contributed by atoms with Crippen molar-refractivity contribution in [1.29, 1.82) is 0 Å². The zero-order valence-electron chi connectivity index (χ0n) is 13.2. The standard InChI is InChI=1S/C19H19NO3/c1-3-20(2)15-6-4-12(5-7-15)8-14-9-13-10-17(21)18(22)11-16(13)19(14)23/h4-8,10-11,21-22H,3,9H2,1-2H3/b14-8+. The molecule has 1 aliphatic rings. The van der Waals surface area contributed by atoms with E-state index in [1.807, 2.05) is 37.4 Å². The van der Waals surface area contributed by atoms with Gasteiger partial charge in [-0.25, -0.2) is 0 Å². The summed E-state index contributed by atoms with van der Waals surface area (Å²) in [6.07, 6.45) is 2.34. The molecule has 0 heterocycles. The summed E-state index contributed by atoms with van der Waals surface area (Å²) in [5.74, 6) is -0.542. The van der Waals surface area contributed by atoms with Crippen molar-refractivity contribution in [3.63, 3.8) is 0 Å². The summed E-state index contributed by atoms with van der Waals surface area (Å²) in [4.78, 5) is 14.6. The monoisotopic (exact) mass is 309 g/mol. The van der Waals surface area contributed by atoms with Crippen LogP contribution < -0.4 is 4.90 Å². The quantitative estimate of drug-likeness (QED) is 0.674. The highest BCUT2D eigenvalue weighted by molar-refractivity contribution is 6.15. The van der Waals surface area contributed by atoms with Crippen LogP contribution in [-0.2, 0) is 6.42 Å². The smallest absolute Gasteiger partial charge is 0.189 e. The molecule has 2 aromatic carbocycles. The molecule has 3 rings (SSSR count). The molecule has 0 aliphatic heterocycles. The summed E-state index contributed by atoms with van der Waals surface area (Å²) in [5, 5.41) is 19.1. The van der Waals surface area contributed by atoms with E-state index in [0.717, 1.165) is 23.4 Å². The highest BCUT2D eigenvalue weighted by Crippen LogP contribution is 2.35. The van der Waals surface area contributed by atoms with Crippen LogP contribution in [0.2, 0.25) is 0 Å². The van der Waals surface area contributed by atoms with Gasteiger partial charge in [0.25, 0.3) is 0 Å². The Kier molecular flexibility index (Phi) is 3.82. The van der Waals surface area contributed by atoms with Crippen molar-refractivity contribution in [1.82, 2.24) is 0 Å². The number of hydrogen-bond acceptors (Lipinski definition) is 4. The molecule has 0 bridgehead atoms. The Balaban J connectivity index is 1.88. The van der Waals surface area contributed by atoms with Crippen molar-refractivity contribution >= 4 is 17.5 Å². The molecule has 118 valence electrons. The summed E-state index contributed by atoms with van der Waals surface area (Å²) in [6.45, 7) is 3.02. The molecule has 0 radical (unpaired) electrons. The molecule has 0 unspecified atom stereocenters. The molecule has 23 heavy (non-hydrogen) atoms. The Labute approximate surface area is 135 Å². The predicted octanol–water partition coefficient (Wildman–Crippen LogP) is 3.38. The number of allylic oxidation sites excluding steroid dienone is 1. The maximum Gasteiger partial charge on any atom is 0.189 e. The largest absolute Gasteiger partial charge is 0.504 e. The first-order valence-corrected chi connectivity index (χ1v) is 7.61. The van der Waals surface area contributed by atoms with E-state index in [1.54, 1.807) is 0 Å². The van der Waals surface area contributed by atoms with Crippen LogP contribution in [0.25, 0.3) is 6.08 Å². The van der Waals surface area contributed by atoms with Crippen LogP contribution in [0.3, 0.4) is 0 Å². The Hall–Kier alpha value is -2.75. The van der Waals surface area contributed by atoms with Crippen LogP contribution >= 0.6 is 0 Å². The second-order valence-corrected chi connectivity index (χ2v) is 5.78. The van der Waals surface area contributed by atoms with Crippen LogP contribution in [0, 0.1) is 0 Å². The third kappa shape index (κ3) is 2.80. The minimum atomic E-state index is -0.259. The second kappa shape index (κ2) is 5.80. The van der Waals surface area contributed by atoms with E-state index >= 15 is 0 Å². The molecule has 2 aromatic rings. The fourth-order valence-corrected chi connectivity index (χ4v) is 2.76. The summed E-state index contributed by atoms with van der Waals surface area (Å²) >= 11 is 0. The van der Waals surface area contributed by atoms with Crippen molar-refractivity contribution < 1.29 is 15.0 Å². The number of Topliss-reactive ketones (excluding diaryl/α,β-unsaturated/α-hetero) is 1. The molecular weight excluding hydrogens is 290 g/mol. The average molecular weight is 309 g/mol. The van der Waals surface area contributed by atoms with Crippen LogP contribution in [0.5, 0.6) is 11.5 Å². The third-order valence-electron chi connectivity index (χ3n) is 4.27. The lowest BCUT2D eigenvalue weighted by Crippen LogP contribution is -2.15. The van der Waals surface area contributed by atoms with E-state index in [-0.39, 0.29) is 17.3 Å². The summed E-state index contributed by atoms with van der Waals surface area (Å²) in [5.41, 5.74) is 3.97. The number of phenolic OH excluding ortho intramolecular Hbond substituents is 2. The Morgan fingerprint density at radius 3 is 2.43 bits per heavy atom. The molecule has 0 fully saturated rings. The maximum atomic E-state index is 12.4. The molecule has 1 aliphatic carbocycles. The number of hydrogen-bond donors (Lipinski definition) is 2. The fourth-order valence-electron chi connectivity index (χ4n) is 2.76. The van der Waals surface area contributed by atoms with Crippen LogP contribution in [0.4, 0.5) is 5.69 Å².